The van der Waals surface area contributed by atoms with Gasteiger partial charge in [0.1, 0.15) is 10.1 Å². The Morgan fingerprint density at radius 1 is 1.47 bits per heavy atom. The van der Waals surface area contributed by atoms with E-state index in [9.17, 15) is 0 Å². The zero-order valence-electron chi connectivity index (χ0n) is 9.22. The predicted molar refractivity (Wildman–Crippen MR) is 71.8 cm³/mol. The number of pyridine rings is 2. The minimum absolute atomic E-state index is 0.179. The van der Waals surface area contributed by atoms with Gasteiger partial charge in [0.2, 0.25) is 0 Å². The SMILES string of the molecule is OCCSc1nc2c(c3ncccc13)CCS2. The Hall–Kier alpha value is -0.780. The summed E-state index contributed by atoms with van der Waals surface area (Å²) in [7, 11) is 0. The number of aliphatic hydroxyl groups is 1. The molecular weight excluding hydrogens is 252 g/mol. The highest BCUT2D eigenvalue weighted by Crippen LogP contribution is 2.37. The number of hydrogen-bond donors (Lipinski definition) is 1. The molecule has 1 aliphatic heterocycles. The van der Waals surface area contributed by atoms with Gasteiger partial charge in [0.15, 0.2) is 0 Å². The molecule has 5 heteroatoms. The van der Waals surface area contributed by atoms with Crippen LogP contribution in [-0.4, -0.2) is 33.2 Å². The van der Waals surface area contributed by atoms with Gasteiger partial charge in [0, 0.05) is 28.7 Å². The third-order valence-electron chi connectivity index (χ3n) is 2.71. The summed E-state index contributed by atoms with van der Waals surface area (Å²) in [5, 5.41) is 12.2. The largest absolute Gasteiger partial charge is 0.396 e. The molecule has 88 valence electrons. The second kappa shape index (κ2) is 4.84. The number of aliphatic hydroxyl groups excluding tert-OH is 1. The van der Waals surface area contributed by atoms with Crippen molar-refractivity contribution in [2.45, 2.75) is 16.5 Å². The maximum absolute atomic E-state index is 8.92. The second-order valence-corrected chi connectivity index (χ2v) is 5.94. The highest BCUT2D eigenvalue weighted by Gasteiger charge is 2.19. The van der Waals surface area contributed by atoms with Gasteiger partial charge >= 0.3 is 0 Å². The summed E-state index contributed by atoms with van der Waals surface area (Å²) in [5.74, 6) is 1.78. The first kappa shape index (κ1) is 11.3. The summed E-state index contributed by atoms with van der Waals surface area (Å²) in [6, 6.07) is 4.01. The molecule has 1 N–H and O–H groups in total. The summed E-state index contributed by atoms with van der Waals surface area (Å²) in [6.07, 6.45) is 2.90. The molecule has 2 aromatic heterocycles. The van der Waals surface area contributed by atoms with Crippen molar-refractivity contribution in [2.24, 2.45) is 0 Å². The predicted octanol–water partition coefficient (Wildman–Crippen LogP) is 2.36. The molecule has 0 spiro atoms. The molecule has 0 radical (unpaired) electrons. The molecule has 0 aliphatic carbocycles. The topological polar surface area (TPSA) is 46.0 Å². The molecule has 1 aliphatic rings. The van der Waals surface area contributed by atoms with E-state index in [1.807, 2.05) is 12.3 Å². The van der Waals surface area contributed by atoms with Gasteiger partial charge in [-0.3, -0.25) is 4.98 Å². The first-order valence-electron chi connectivity index (χ1n) is 5.54. The van der Waals surface area contributed by atoms with Crippen LogP contribution in [0.2, 0.25) is 0 Å². The van der Waals surface area contributed by atoms with E-state index in [0.717, 1.165) is 33.1 Å². The number of hydrogen-bond acceptors (Lipinski definition) is 5. The average Bonchev–Trinajstić information content (AvgIpc) is 2.84. The van der Waals surface area contributed by atoms with Crippen molar-refractivity contribution in [1.29, 1.82) is 0 Å². The first-order chi connectivity index (χ1) is 8.40. The van der Waals surface area contributed by atoms with E-state index in [2.05, 4.69) is 11.1 Å². The van der Waals surface area contributed by atoms with E-state index in [4.69, 9.17) is 10.1 Å². The minimum atomic E-state index is 0.179. The zero-order valence-corrected chi connectivity index (χ0v) is 10.9. The zero-order chi connectivity index (χ0) is 11.7. The highest BCUT2D eigenvalue weighted by atomic mass is 32.2. The highest BCUT2D eigenvalue weighted by molar-refractivity contribution is 8.00. The number of fused-ring (bicyclic) bond motifs is 3. The molecule has 0 saturated heterocycles. The van der Waals surface area contributed by atoms with Crippen molar-refractivity contribution in [3.05, 3.63) is 23.9 Å². The summed E-state index contributed by atoms with van der Waals surface area (Å²) < 4.78 is 0. The third-order valence-corrected chi connectivity index (χ3v) is 4.70. The Morgan fingerprint density at radius 3 is 3.29 bits per heavy atom. The van der Waals surface area contributed by atoms with Gasteiger partial charge in [0.05, 0.1) is 12.1 Å². The van der Waals surface area contributed by atoms with Gasteiger partial charge < -0.3 is 5.11 Å². The number of aromatic nitrogens is 2. The van der Waals surface area contributed by atoms with Crippen LogP contribution in [0.1, 0.15) is 5.56 Å². The molecule has 0 bridgehead atoms. The number of thioether (sulfide) groups is 2. The van der Waals surface area contributed by atoms with Crippen molar-refractivity contribution in [2.75, 3.05) is 18.1 Å². The van der Waals surface area contributed by atoms with Crippen LogP contribution in [-0.2, 0) is 6.42 Å². The molecule has 2 aromatic rings. The van der Waals surface area contributed by atoms with Crippen LogP contribution < -0.4 is 0 Å². The maximum Gasteiger partial charge on any atom is 0.107 e. The van der Waals surface area contributed by atoms with Crippen LogP contribution in [0.4, 0.5) is 0 Å². The van der Waals surface area contributed by atoms with Crippen molar-refractivity contribution in [1.82, 2.24) is 9.97 Å². The van der Waals surface area contributed by atoms with E-state index in [-0.39, 0.29) is 6.61 Å². The van der Waals surface area contributed by atoms with Crippen molar-refractivity contribution >= 4 is 34.4 Å². The van der Waals surface area contributed by atoms with E-state index in [1.54, 1.807) is 23.5 Å². The van der Waals surface area contributed by atoms with Gasteiger partial charge in [-0.25, -0.2) is 4.98 Å². The van der Waals surface area contributed by atoms with Crippen LogP contribution >= 0.6 is 23.5 Å². The van der Waals surface area contributed by atoms with Crippen molar-refractivity contribution in [3.63, 3.8) is 0 Å². The van der Waals surface area contributed by atoms with Crippen molar-refractivity contribution < 1.29 is 5.11 Å². The molecule has 0 fully saturated rings. The van der Waals surface area contributed by atoms with E-state index in [1.165, 1.54) is 5.56 Å². The summed E-state index contributed by atoms with van der Waals surface area (Å²) in [5.41, 5.74) is 2.38. The molecule has 3 nitrogen and oxygen atoms in total. The molecule has 0 amide bonds. The number of rotatable bonds is 3. The maximum atomic E-state index is 8.92. The summed E-state index contributed by atoms with van der Waals surface area (Å²) in [4.78, 5) is 9.19. The Morgan fingerprint density at radius 2 is 2.41 bits per heavy atom. The lowest BCUT2D eigenvalue weighted by molar-refractivity contribution is 0.322. The summed E-state index contributed by atoms with van der Waals surface area (Å²) >= 11 is 3.40. The van der Waals surface area contributed by atoms with Crippen LogP contribution in [0, 0.1) is 0 Å². The van der Waals surface area contributed by atoms with Gasteiger partial charge in [-0.2, -0.15) is 0 Å². The van der Waals surface area contributed by atoms with Crippen LogP contribution in [0.5, 0.6) is 0 Å². The fourth-order valence-electron chi connectivity index (χ4n) is 1.99. The van der Waals surface area contributed by atoms with E-state index < -0.39 is 0 Å². The average molecular weight is 264 g/mol. The molecule has 17 heavy (non-hydrogen) atoms. The van der Waals surface area contributed by atoms with Gasteiger partial charge in [-0.15, -0.1) is 23.5 Å². The first-order valence-corrected chi connectivity index (χ1v) is 7.51. The molecule has 0 aromatic carbocycles. The lowest BCUT2D eigenvalue weighted by Crippen LogP contribution is -1.95. The van der Waals surface area contributed by atoms with Gasteiger partial charge in [-0.1, -0.05) is 0 Å². The Bertz CT molecular complexity index is 559. The normalized spacial score (nSPS) is 14.2. The molecule has 3 heterocycles. The third kappa shape index (κ3) is 2.03. The standard InChI is InChI=1S/C12H12N2OS2/c15-5-7-17-11-8-2-1-4-13-10(8)9-3-6-16-12(9)14-11/h1-2,4,15H,3,5-7H2. The Kier molecular flexibility index (Phi) is 3.22. The molecule has 0 atom stereocenters. The van der Waals surface area contributed by atoms with Gasteiger partial charge in [0.25, 0.3) is 0 Å². The number of aryl methyl sites for hydroxylation is 1. The van der Waals surface area contributed by atoms with Crippen LogP contribution in [0.15, 0.2) is 28.4 Å². The smallest absolute Gasteiger partial charge is 0.107 e. The van der Waals surface area contributed by atoms with E-state index >= 15 is 0 Å². The second-order valence-electron chi connectivity index (χ2n) is 3.77. The quantitative estimate of drug-likeness (QED) is 0.862. The summed E-state index contributed by atoms with van der Waals surface area (Å²) in [6.45, 7) is 0.179. The Labute approximate surface area is 108 Å². The molecule has 3 rings (SSSR count). The van der Waals surface area contributed by atoms with Crippen molar-refractivity contribution in [3.8, 4) is 0 Å². The van der Waals surface area contributed by atoms with Crippen LogP contribution in [0.25, 0.3) is 10.9 Å². The minimum Gasteiger partial charge on any atom is -0.396 e. The monoisotopic (exact) mass is 264 g/mol. The fourth-order valence-corrected chi connectivity index (χ4v) is 3.83. The molecule has 0 unspecified atom stereocenters. The van der Waals surface area contributed by atoms with Gasteiger partial charge in [-0.05, 0) is 18.6 Å². The number of nitrogens with zero attached hydrogens (tertiary/aromatic N) is 2. The lowest BCUT2D eigenvalue weighted by atomic mass is 10.1. The molecular formula is C12H12N2OS2. The Balaban J connectivity index is 2.18. The lowest BCUT2D eigenvalue weighted by Gasteiger charge is -2.08. The molecule has 0 saturated carbocycles. The van der Waals surface area contributed by atoms with Crippen LogP contribution in [0.3, 0.4) is 0 Å². The van der Waals surface area contributed by atoms with E-state index in [0.29, 0.717) is 5.75 Å². The fraction of sp³-hybridized carbons (Fsp3) is 0.333.